The first-order chi connectivity index (χ1) is 16.1. The summed E-state index contributed by atoms with van der Waals surface area (Å²) in [6.45, 7) is 4.37. The standard InChI is InChI=1S/C28H33BrN2O2/c1-3-5-6-7-8-9-11-22-12-13-24(18-26(22)29)28(32)33-25-16-14-23(15-17-25)27-30-19-21(10-4-2)20-31-27/h12-20H,3-11H2,1-2H3. The summed E-state index contributed by atoms with van der Waals surface area (Å²) >= 11 is 3.62. The third-order valence-electron chi connectivity index (χ3n) is 5.66. The van der Waals surface area contributed by atoms with E-state index in [4.69, 9.17) is 4.74 Å². The molecule has 0 spiro atoms. The van der Waals surface area contributed by atoms with Gasteiger partial charge in [0.2, 0.25) is 0 Å². The molecule has 5 heteroatoms. The van der Waals surface area contributed by atoms with Crippen molar-refractivity contribution in [2.45, 2.75) is 71.6 Å². The van der Waals surface area contributed by atoms with Crippen molar-refractivity contribution in [1.82, 2.24) is 9.97 Å². The average molecular weight is 509 g/mol. The maximum atomic E-state index is 12.6. The molecule has 33 heavy (non-hydrogen) atoms. The third kappa shape index (κ3) is 7.78. The predicted molar refractivity (Wildman–Crippen MR) is 138 cm³/mol. The number of hydrogen-bond acceptors (Lipinski definition) is 4. The summed E-state index contributed by atoms with van der Waals surface area (Å²) in [6.07, 6.45) is 14.4. The average Bonchev–Trinajstić information content (AvgIpc) is 2.83. The van der Waals surface area contributed by atoms with E-state index < -0.39 is 0 Å². The van der Waals surface area contributed by atoms with Gasteiger partial charge in [0.15, 0.2) is 5.82 Å². The molecule has 4 nitrogen and oxygen atoms in total. The molecule has 0 bridgehead atoms. The van der Waals surface area contributed by atoms with Gasteiger partial charge in [-0.1, -0.05) is 74.4 Å². The second-order valence-electron chi connectivity index (χ2n) is 8.40. The van der Waals surface area contributed by atoms with Gasteiger partial charge in [-0.15, -0.1) is 0 Å². The zero-order valence-electron chi connectivity index (χ0n) is 19.6. The molecule has 2 aromatic carbocycles. The summed E-state index contributed by atoms with van der Waals surface area (Å²) in [5.41, 5.74) is 3.79. The van der Waals surface area contributed by atoms with E-state index in [-0.39, 0.29) is 5.97 Å². The zero-order chi connectivity index (χ0) is 23.5. The van der Waals surface area contributed by atoms with Gasteiger partial charge in [-0.2, -0.15) is 0 Å². The molecule has 3 aromatic rings. The SMILES string of the molecule is CCCCCCCCc1ccc(C(=O)Oc2ccc(-c3ncc(CCC)cn3)cc2)cc1Br. The Bertz CT molecular complexity index is 1020. The minimum Gasteiger partial charge on any atom is -0.423 e. The fourth-order valence-electron chi connectivity index (χ4n) is 3.73. The fraction of sp³-hybridized carbons (Fsp3) is 0.393. The summed E-state index contributed by atoms with van der Waals surface area (Å²) in [6, 6.07) is 13.0. The molecule has 0 saturated heterocycles. The Morgan fingerprint density at radius 3 is 2.21 bits per heavy atom. The van der Waals surface area contributed by atoms with Crippen molar-refractivity contribution in [2.24, 2.45) is 0 Å². The minimum absolute atomic E-state index is 0.366. The Labute approximate surface area is 206 Å². The predicted octanol–water partition coefficient (Wildman–Crippen LogP) is 7.98. The Hall–Kier alpha value is -2.53. The van der Waals surface area contributed by atoms with Gasteiger partial charge in [-0.3, -0.25) is 0 Å². The van der Waals surface area contributed by atoms with E-state index in [9.17, 15) is 4.79 Å². The highest BCUT2D eigenvalue weighted by Crippen LogP contribution is 2.24. The minimum atomic E-state index is -0.366. The molecule has 3 rings (SSSR count). The van der Waals surface area contributed by atoms with Crippen molar-refractivity contribution >= 4 is 21.9 Å². The molecule has 0 aliphatic carbocycles. The summed E-state index contributed by atoms with van der Waals surface area (Å²) in [7, 11) is 0. The molecule has 0 aliphatic heterocycles. The largest absolute Gasteiger partial charge is 0.423 e. The van der Waals surface area contributed by atoms with E-state index in [1.165, 1.54) is 44.1 Å². The van der Waals surface area contributed by atoms with Crippen LogP contribution in [-0.4, -0.2) is 15.9 Å². The number of aromatic nitrogens is 2. The highest BCUT2D eigenvalue weighted by Gasteiger charge is 2.12. The summed E-state index contributed by atoms with van der Waals surface area (Å²) in [5.74, 6) is 0.797. The maximum absolute atomic E-state index is 12.6. The number of carbonyl (C=O) groups is 1. The number of halogens is 1. The summed E-state index contributed by atoms with van der Waals surface area (Å²) in [5, 5.41) is 0. The fourth-order valence-corrected chi connectivity index (χ4v) is 4.31. The second kappa shape index (κ2) is 13.2. The van der Waals surface area contributed by atoms with Crippen LogP contribution in [0.25, 0.3) is 11.4 Å². The van der Waals surface area contributed by atoms with Crippen LogP contribution < -0.4 is 4.74 Å². The van der Waals surface area contributed by atoms with Crippen LogP contribution in [0.4, 0.5) is 0 Å². The normalized spacial score (nSPS) is 10.9. The van der Waals surface area contributed by atoms with Crippen LogP contribution in [0.2, 0.25) is 0 Å². The molecule has 174 valence electrons. The lowest BCUT2D eigenvalue weighted by Gasteiger charge is -2.09. The zero-order valence-corrected chi connectivity index (χ0v) is 21.2. The van der Waals surface area contributed by atoms with E-state index >= 15 is 0 Å². The van der Waals surface area contributed by atoms with E-state index in [1.54, 1.807) is 12.1 Å². The molecule has 0 saturated carbocycles. The first kappa shape index (κ1) is 25.1. The molecular formula is C28H33BrN2O2. The van der Waals surface area contributed by atoms with Crippen LogP contribution in [0.1, 0.15) is 80.3 Å². The first-order valence-electron chi connectivity index (χ1n) is 12.0. The first-order valence-corrected chi connectivity index (χ1v) is 12.8. The number of rotatable bonds is 12. The molecule has 0 atom stereocenters. The lowest BCUT2D eigenvalue weighted by Crippen LogP contribution is -2.08. The lowest BCUT2D eigenvalue weighted by molar-refractivity contribution is 0.0734. The quantitative estimate of drug-likeness (QED) is 0.141. The van der Waals surface area contributed by atoms with Crippen molar-refractivity contribution in [3.05, 3.63) is 76.0 Å². The van der Waals surface area contributed by atoms with E-state index in [1.807, 2.05) is 42.7 Å². The van der Waals surface area contributed by atoms with Gasteiger partial charge in [-0.05, 0) is 66.8 Å². The van der Waals surface area contributed by atoms with Crippen molar-refractivity contribution in [3.63, 3.8) is 0 Å². The van der Waals surface area contributed by atoms with Crippen molar-refractivity contribution < 1.29 is 9.53 Å². The molecule has 0 radical (unpaired) electrons. The lowest BCUT2D eigenvalue weighted by atomic mass is 10.0. The third-order valence-corrected chi connectivity index (χ3v) is 6.39. The molecule has 0 aliphatic rings. The van der Waals surface area contributed by atoms with Crippen LogP contribution in [-0.2, 0) is 12.8 Å². The molecule has 1 heterocycles. The van der Waals surface area contributed by atoms with Crippen molar-refractivity contribution in [2.75, 3.05) is 0 Å². The van der Waals surface area contributed by atoms with Gasteiger partial charge >= 0.3 is 5.97 Å². The number of aryl methyl sites for hydroxylation is 2. The second-order valence-corrected chi connectivity index (χ2v) is 9.26. The van der Waals surface area contributed by atoms with Crippen LogP contribution >= 0.6 is 15.9 Å². The molecule has 1 aromatic heterocycles. The Morgan fingerprint density at radius 2 is 1.55 bits per heavy atom. The highest BCUT2D eigenvalue weighted by atomic mass is 79.9. The summed E-state index contributed by atoms with van der Waals surface area (Å²) < 4.78 is 6.54. The van der Waals surface area contributed by atoms with E-state index in [0.717, 1.165) is 34.9 Å². The molecule has 0 unspecified atom stereocenters. The number of hydrogen-bond donors (Lipinski definition) is 0. The van der Waals surface area contributed by atoms with Crippen molar-refractivity contribution in [3.8, 4) is 17.1 Å². The van der Waals surface area contributed by atoms with Gasteiger partial charge in [0, 0.05) is 22.4 Å². The number of nitrogens with zero attached hydrogens (tertiary/aromatic N) is 2. The van der Waals surface area contributed by atoms with E-state index in [0.29, 0.717) is 17.1 Å². The molecule has 0 N–H and O–H groups in total. The van der Waals surface area contributed by atoms with Gasteiger partial charge in [0.25, 0.3) is 0 Å². The monoisotopic (exact) mass is 508 g/mol. The Morgan fingerprint density at radius 1 is 0.848 bits per heavy atom. The number of esters is 1. The van der Waals surface area contributed by atoms with Crippen LogP contribution in [0, 0.1) is 0 Å². The molecule has 0 amide bonds. The maximum Gasteiger partial charge on any atom is 0.343 e. The van der Waals surface area contributed by atoms with Gasteiger partial charge in [0.05, 0.1) is 5.56 Å². The van der Waals surface area contributed by atoms with E-state index in [2.05, 4.69) is 39.7 Å². The molecular weight excluding hydrogens is 476 g/mol. The van der Waals surface area contributed by atoms with Gasteiger partial charge in [-0.25, -0.2) is 14.8 Å². The summed E-state index contributed by atoms with van der Waals surface area (Å²) in [4.78, 5) is 21.5. The van der Waals surface area contributed by atoms with Gasteiger partial charge in [0.1, 0.15) is 5.75 Å². The Balaban J connectivity index is 1.54. The molecule has 0 fully saturated rings. The number of benzene rings is 2. The van der Waals surface area contributed by atoms with Crippen molar-refractivity contribution in [1.29, 1.82) is 0 Å². The Kier molecular flexibility index (Phi) is 10.1. The van der Waals surface area contributed by atoms with Crippen LogP contribution in [0.15, 0.2) is 59.3 Å². The van der Waals surface area contributed by atoms with Gasteiger partial charge < -0.3 is 4.74 Å². The number of ether oxygens (including phenoxy) is 1. The van der Waals surface area contributed by atoms with Crippen LogP contribution in [0.3, 0.4) is 0 Å². The smallest absolute Gasteiger partial charge is 0.343 e. The number of unbranched alkanes of at least 4 members (excludes halogenated alkanes) is 5. The number of carbonyl (C=O) groups excluding carboxylic acids is 1. The van der Waals surface area contributed by atoms with Crippen LogP contribution in [0.5, 0.6) is 5.75 Å². The topological polar surface area (TPSA) is 52.1 Å². The highest BCUT2D eigenvalue weighted by molar-refractivity contribution is 9.10.